The summed E-state index contributed by atoms with van der Waals surface area (Å²) in [4.78, 5) is 28.1. The number of hydrogen-bond donors (Lipinski definition) is 2. The molecule has 0 radical (unpaired) electrons. The van der Waals surface area contributed by atoms with Gasteiger partial charge in [0, 0.05) is 42.8 Å². The summed E-state index contributed by atoms with van der Waals surface area (Å²) in [6, 6.07) is 7.49. The van der Waals surface area contributed by atoms with Gasteiger partial charge in [-0.1, -0.05) is 6.42 Å². The van der Waals surface area contributed by atoms with Gasteiger partial charge in [-0.05, 0) is 76.0 Å². The van der Waals surface area contributed by atoms with Gasteiger partial charge in [0.25, 0.3) is 11.8 Å². The number of benzene rings is 1. The van der Waals surface area contributed by atoms with E-state index in [1.165, 1.54) is 19.3 Å². The number of carbonyl (C=O) groups excluding carboxylic acids is 2. The standard InChI is InChI=1S/C31H34N4O5/c1-18-23(29(37)34-12-10-30(3,38)17-34)16-35-27(18)24(7-11-32-35)40-21-5-6-22-25(13-21)39-19(2)26(22)28(36)33-20-14-31(15-20)8-4-9-31/h5-7,11,13,16,20,38H,4,8-10,12,14-15,17H2,1-3H3,(H,33,36). The predicted octanol–water partition coefficient (Wildman–Crippen LogP) is 5.15. The van der Waals surface area contributed by atoms with Crippen molar-refractivity contribution in [1.82, 2.24) is 19.8 Å². The first-order chi connectivity index (χ1) is 19.1. The van der Waals surface area contributed by atoms with Crippen molar-refractivity contribution in [2.45, 2.75) is 70.9 Å². The largest absolute Gasteiger partial charge is 0.460 e. The molecule has 208 valence electrons. The number of rotatable bonds is 5. The predicted molar refractivity (Wildman–Crippen MR) is 149 cm³/mol. The second-order valence-corrected chi connectivity index (χ2v) is 12.4. The number of nitrogens with one attached hydrogen (secondary N) is 1. The van der Waals surface area contributed by atoms with Gasteiger partial charge in [0.15, 0.2) is 5.75 Å². The molecule has 1 aliphatic heterocycles. The normalized spacial score (nSPS) is 22.1. The van der Waals surface area contributed by atoms with Crippen molar-refractivity contribution < 1.29 is 23.8 Å². The molecule has 1 aromatic carbocycles. The molecule has 3 aromatic heterocycles. The van der Waals surface area contributed by atoms with Gasteiger partial charge in [-0.2, -0.15) is 5.10 Å². The average Bonchev–Trinajstić information content (AvgIpc) is 3.51. The minimum absolute atomic E-state index is 0.0829. The summed E-state index contributed by atoms with van der Waals surface area (Å²) in [7, 11) is 0. The van der Waals surface area contributed by atoms with Gasteiger partial charge >= 0.3 is 0 Å². The molecule has 3 aliphatic rings. The molecular formula is C31H34N4O5. The van der Waals surface area contributed by atoms with Gasteiger partial charge in [-0.15, -0.1) is 0 Å². The number of aromatic nitrogens is 2. The van der Waals surface area contributed by atoms with Crippen molar-refractivity contribution in [3.8, 4) is 11.5 Å². The van der Waals surface area contributed by atoms with Crippen molar-refractivity contribution in [1.29, 1.82) is 0 Å². The zero-order valence-corrected chi connectivity index (χ0v) is 23.1. The first kappa shape index (κ1) is 25.1. The Morgan fingerprint density at radius 1 is 1.18 bits per heavy atom. The van der Waals surface area contributed by atoms with Crippen LogP contribution in [0, 0.1) is 19.3 Å². The van der Waals surface area contributed by atoms with E-state index in [0.717, 1.165) is 23.8 Å². The molecule has 2 amide bonds. The molecule has 1 unspecified atom stereocenters. The van der Waals surface area contributed by atoms with Crippen LogP contribution < -0.4 is 10.1 Å². The molecule has 3 fully saturated rings. The van der Waals surface area contributed by atoms with Crippen molar-refractivity contribution >= 4 is 28.3 Å². The minimum atomic E-state index is -0.866. The molecule has 1 atom stereocenters. The molecule has 7 rings (SSSR count). The Labute approximate surface area is 232 Å². The highest BCUT2D eigenvalue weighted by Crippen LogP contribution is 2.55. The van der Waals surface area contributed by atoms with Gasteiger partial charge in [0.2, 0.25) is 0 Å². The third-order valence-corrected chi connectivity index (χ3v) is 9.26. The van der Waals surface area contributed by atoms with E-state index < -0.39 is 5.60 Å². The third-order valence-electron chi connectivity index (χ3n) is 9.26. The second kappa shape index (κ2) is 8.83. The van der Waals surface area contributed by atoms with E-state index in [4.69, 9.17) is 9.15 Å². The van der Waals surface area contributed by atoms with E-state index in [1.807, 2.05) is 26.0 Å². The number of aryl methyl sites for hydroxylation is 2. The molecule has 9 heteroatoms. The quantitative estimate of drug-likeness (QED) is 0.361. The van der Waals surface area contributed by atoms with Gasteiger partial charge in [0.1, 0.15) is 22.6 Å². The molecule has 4 aromatic rings. The molecule has 40 heavy (non-hydrogen) atoms. The summed E-state index contributed by atoms with van der Waals surface area (Å²) in [5, 5.41) is 18.7. The zero-order chi connectivity index (χ0) is 27.8. The fourth-order valence-electron chi connectivity index (χ4n) is 6.91. The number of hydrogen-bond acceptors (Lipinski definition) is 6. The summed E-state index contributed by atoms with van der Waals surface area (Å²) < 4.78 is 13.9. The fourth-order valence-corrected chi connectivity index (χ4v) is 6.91. The van der Waals surface area contributed by atoms with Crippen LogP contribution in [0.15, 0.2) is 41.1 Å². The topological polar surface area (TPSA) is 109 Å². The van der Waals surface area contributed by atoms with E-state index in [0.29, 0.717) is 64.4 Å². The summed E-state index contributed by atoms with van der Waals surface area (Å²) in [6.45, 7) is 6.26. The number of ether oxygens (including phenoxy) is 1. The fraction of sp³-hybridized carbons (Fsp3) is 0.452. The number of β-amino-alcohol motifs (C(OH)–C–C–N with tert-alkyl or cyclic N) is 1. The molecule has 2 aliphatic carbocycles. The molecule has 4 heterocycles. The first-order valence-electron chi connectivity index (χ1n) is 14.1. The number of likely N-dealkylation sites (tertiary alicyclic amines) is 1. The van der Waals surface area contributed by atoms with E-state index in [-0.39, 0.29) is 17.9 Å². The number of fused-ring (bicyclic) bond motifs is 2. The molecule has 1 spiro atoms. The SMILES string of the molecule is Cc1oc2cc(Oc3ccnn4cc(C(=O)N5CCC(C)(O)C5)c(C)c34)ccc2c1C(=O)NC1CC2(CCC2)C1. The van der Waals surface area contributed by atoms with Gasteiger partial charge < -0.3 is 24.5 Å². The van der Waals surface area contributed by atoms with Crippen LogP contribution in [0.3, 0.4) is 0 Å². The Hall–Kier alpha value is -3.85. The van der Waals surface area contributed by atoms with Crippen molar-refractivity contribution in [3.63, 3.8) is 0 Å². The molecule has 2 saturated carbocycles. The molecular weight excluding hydrogens is 508 g/mol. The van der Waals surface area contributed by atoms with Crippen LogP contribution in [0.25, 0.3) is 16.5 Å². The maximum absolute atomic E-state index is 13.3. The Kier molecular flexibility index (Phi) is 5.55. The maximum atomic E-state index is 13.3. The van der Waals surface area contributed by atoms with E-state index >= 15 is 0 Å². The summed E-state index contributed by atoms with van der Waals surface area (Å²) >= 11 is 0. The highest BCUT2D eigenvalue weighted by atomic mass is 16.5. The summed E-state index contributed by atoms with van der Waals surface area (Å²) in [5.41, 5.74) is 2.77. The number of amides is 2. The molecule has 2 N–H and O–H groups in total. The van der Waals surface area contributed by atoms with Gasteiger partial charge in [-0.25, -0.2) is 4.52 Å². The maximum Gasteiger partial charge on any atom is 0.255 e. The lowest BCUT2D eigenvalue weighted by Crippen LogP contribution is -2.53. The third kappa shape index (κ3) is 4.06. The van der Waals surface area contributed by atoms with Crippen molar-refractivity contribution in [2.24, 2.45) is 5.41 Å². The Balaban J connectivity index is 1.13. The molecule has 0 bridgehead atoms. The molecule has 1 saturated heterocycles. The lowest BCUT2D eigenvalue weighted by molar-refractivity contribution is -0.000622. The van der Waals surface area contributed by atoms with Crippen LogP contribution in [-0.2, 0) is 0 Å². The number of carbonyl (C=O) groups is 2. The van der Waals surface area contributed by atoms with Gasteiger partial charge in [0.05, 0.1) is 22.9 Å². The van der Waals surface area contributed by atoms with Crippen molar-refractivity contribution in [2.75, 3.05) is 13.1 Å². The molecule has 9 nitrogen and oxygen atoms in total. The summed E-state index contributed by atoms with van der Waals surface area (Å²) in [6.07, 6.45) is 9.96. The number of nitrogens with zero attached hydrogens (tertiary/aromatic N) is 3. The lowest BCUT2D eigenvalue weighted by Gasteiger charge is -2.54. The van der Waals surface area contributed by atoms with E-state index in [2.05, 4.69) is 10.4 Å². The highest BCUT2D eigenvalue weighted by Gasteiger charge is 2.48. The van der Waals surface area contributed by atoms with Crippen LogP contribution in [0.1, 0.15) is 77.5 Å². The number of furan rings is 1. The zero-order valence-electron chi connectivity index (χ0n) is 23.1. The first-order valence-corrected chi connectivity index (χ1v) is 14.1. The van der Waals surface area contributed by atoms with E-state index in [1.54, 1.807) is 40.9 Å². The highest BCUT2D eigenvalue weighted by molar-refractivity contribution is 6.07. The van der Waals surface area contributed by atoms with Crippen LogP contribution in [0.4, 0.5) is 0 Å². The summed E-state index contributed by atoms with van der Waals surface area (Å²) in [5.74, 6) is 1.47. The minimum Gasteiger partial charge on any atom is -0.460 e. The lowest BCUT2D eigenvalue weighted by atomic mass is 9.54. The average molecular weight is 543 g/mol. The van der Waals surface area contributed by atoms with Crippen LogP contribution in [-0.4, -0.2) is 56.2 Å². The van der Waals surface area contributed by atoms with E-state index in [9.17, 15) is 14.7 Å². The number of aliphatic hydroxyl groups is 1. The monoisotopic (exact) mass is 542 g/mol. The van der Waals surface area contributed by atoms with Crippen LogP contribution in [0.5, 0.6) is 11.5 Å². The van der Waals surface area contributed by atoms with Crippen molar-refractivity contribution in [3.05, 3.63) is 59.1 Å². The second-order valence-electron chi connectivity index (χ2n) is 12.4. The Morgan fingerprint density at radius 3 is 2.67 bits per heavy atom. The van der Waals surface area contributed by atoms with Crippen LogP contribution >= 0.6 is 0 Å². The Morgan fingerprint density at radius 2 is 1.98 bits per heavy atom. The van der Waals surface area contributed by atoms with Gasteiger partial charge in [-0.3, -0.25) is 9.59 Å². The Bertz CT molecular complexity index is 1670. The smallest absolute Gasteiger partial charge is 0.255 e. The van der Waals surface area contributed by atoms with Crippen LogP contribution in [0.2, 0.25) is 0 Å².